The lowest BCUT2D eigenvalue weighted by atomic mass is 10.1. The summed E-state index contributed by atoms with van der Waals surface area (Å²) >= 11 is 0. The van der Waals surface area contributed by atoms with Gasteiger partial charge in [0.2, 0.25) is 11.7 Å². The van der Waals surface area contributed by atoms with Crippen LogP contribution >= 0.6 is 0 Å². The van der Waals surface area contributed by atoms with Crippen LogP contribution < -0.4 is 5.32 Å². The fraction of sp³-hybridized carbons (Fsp3) is 0.400. The van der Waals surface area contributed by atoms with E-state index >= 15 is 0 Å². The number of para-hydroxylation sites is 1. The third kappa shape index (κ3) is 2.56. The van der Waals surface area contributed by atoms with Crippen LogP contribution in [0.1, 0.15) is 13.8 Å². The number of aryl methyl sites for hydroxylation is 1. The summed E-state index contributed by atoms with van der Waals surface area (Å²) in [4.78, 5) is 25.0. The molecule has 23 heavy (non-hydrogen) atoms. The Morgan fingerprint density at radius 2 is 1.96 bits per heavy atom. The molecule has 1 fully saturated rings. The summed E-state index contributed by atoms with van der Waals surface area (Å²) in [7, 11) is 1.65. The summed E-state index contributed by atoms with van der Waals surface area (Å²) in [6.07, 6.45) is 0. The van der Waals surface area contributed by atoms with E-state index in [0.717, 1.165) is 0 Å². The first kappa shape index (κ1) is 15.1. The summed E-state index contributed by atoms with van der Waals surface area (Å²) in [5, 5.41) is 23.9. The van der Waals surface area contributed by atoms with Crippen LogP contribution in [0.4, 0.5) is 5.69 Å². The van der Waals surface area contributed by atoms with Gasteiger partial charge in [-0.2, -0.15) is 4.80 Å². The summed E-state index contributed by atoms with van der Waals surface area (Å²) in [5.41, 5.74) is 0.631. The molecule has 1 amide bonds. The SMILES string of the molecule is Cn1nnc(-c2ccccc2NC(=O)[C@H]2[C@@H](C(=O)O)C2(C)C)n1. The predicted octanol–water partition coefficient (Wildman–Crippen LogP) is 1.17. The number of aromatic nitrogens is 4. The van der Waals surface area contributed by atoms with Crippen LogP contribution in [0.2, 0.25) is 0 Å². The van der Waals surface area contributed by atoms with Gasteiger partial charge in [-0.05, 0) is 22.8 Å². The third-order valence-electron chi connectivity index (χ3n) is 4.31. The Hall–Kier alpha value is -2.77. The van der Waals surface area contributed by atoms with Crippen molar-refractivity contribution >= 4 is 17.6 Å². The highest BCUT2D eigenvalue weighted by atomic mass is 16.4. The molecule has 1 saturated carbocycles. The van der Waals surface area contributed by atoms with Crippen molar-refractivity contribution in [2.75, 3.05) is 5.32 Å². The van der Waals surface area contributed by atoms with Crippen molar-refractivity contribution in [3.8, 4) is 11.4 Å². The number of nitrogens with zero attached hydrogens (tertiary/aromatic N) is 4. The number of benzene rings is 1. The lowest BCUT2D eigenvalue weighted by molar-refractivity contribution is -0.140. The van der Waals surface area contributed by atoms with Gasteiger partial charge >= 0.3 is 5.97 Å². The molecule has 3 rings (SSSR count). The molecule has 2 atom stereocenters. The molecule has 8 heteroatoms. The number of carboxylic acid groups (broad SMARTS) is 1. The van der Waals surface area contributed by atoms with Crippen LogP contribution in [0, 0.1) is 17.3 Å². The molecule has 120 valence electrons. The number of carbonyl (C=O) groups is 2. The van der Waals surface area contributed by atoms with Crippen molar-refractivity contribution in [2.24, 2.45) is 24.3 Å². The van der Waals surface area contributed by atoms with Gasteiger partial charge in [0.15, 0.2) is 0 Å². The maximum atomic E-state index is 12.5. The first-order chi connectivity index (χ1) is 10.8. The van der Waals surface area contributed by atoms with Crippen molar-refractivity contribution in [1.82, 2.24) is 20.2 Å². The first-order valence-corrected chi connectivity index (χ1v) is 7.19. The Labute approximate surface area is 132 Å². The molecular weight excluding hydrogens is 298 g/mol. The van der Waals surface area contributed by atoms with Crippen LogP contribution in [0.25, 0.3) is 11.4 Å². The number of amides is 1. The maximum absolute atomic E-state index is 12.5. The summed E-state index contributed by atoms with van der Waals surface area (Å²) in [6, 6.07) is 7.10. The van der Waals surface area contributed by atoms with Crippen LogP contribution in [0.15, 0.2) is 24.3 Å². The number of tetrazole rings is 1. The average molecular weight is 315 g/mol. The zero-order valence-electron chi connectivity index (χ0n) is 13.0. The molecule has 0 aliphatic heterocycles. The predicted molar refractivity (Wildman–Crippen MR) is 81.3 cm³/mol. The van der Waals surface area contributed by atoms with Crippen LogP contribution in [-0.4, -0.2) is 37.2 Å². The van der Waals surface area contributed by atoms with E-state index in [1.54, 1.807) is 39.1 Å². The molecule has 0 unspecified atom stereocenters. The second kappa shape index (κ2) is 5.15. The van der Waals surface area contributed by atoms with E-state index in [9.17, 15) is 14.7 Å². The number of anilines is 1. The minimum Gasteiger partial charge on any atom is -0.481 e. The molecular formula is C15H17N5O3. The zero-order valence-corrected chi connectivity index (χ0v) is 13.0. The molecule has 1 aromatic heterocycles. The highest BCUT2D eigenvalue weighted by Crippen LogP contribution is 2.58. The number of nitrogens with one attached hydrogen (secondary N) is 1. The number of rotatable bonds is 4. The number of hydrogen-bond acceptors (Lipinski definition) is 5. The smallest absolute Gasteiger partial charge is 0.307 e. The first-order valence-electron chi connectivity index (χ1n) is 7.19. The topological polar surface area (TPSA) is 110 Å². The van der Waals surface area contributed by atoms with E-state index in [1.165, 1.54) is 4.80 Å². The number of aliphatic carboxylic acids is 1. The lowest BCUT2D eigenvalue weighted by Crippen LogP contribution is -2.18. The number of hydrogen-bond donors (Lipinski definition) is 2. The second-order valence-corrected chi connectivity index (χ2v) is 6.25. The molecule has 0 saturated heterocycles. The molecule has 8 nitrogen and oxygen atoms in total. The highest BCUT2D eigenvalue weighted by molar-refractivity contribution is 6.01. The van der Waals surface area contributed by atoms with Crippen molar-refractivity contribution in [3.05, 3.63) is 24.3 Å². The molecule has 0 radical (unpaired) electrons. The average Bonchev–Trinajstić information content (AvgIpc) is 2.83. The zero-order chi connectivity index (χ0) is 16.8. The Morgan fingerprint density at radius 3 is 2.52 bits per heavy atom. The number of carboxylic acids is 1. The molecule has 1 heterocycles. The molecule has 1 aliphatic carbocycles. The Bertz CT molecular complexity index is 783. The lowest BCUT2D eigenvalue weighted by Gasteiger charge is -2.09. The van der Waals surface area contributed by atoms with Crippen molar-refractivity contribution in [3.63, 3.8) is 0 Å². The van der Waals surface area contributed by atoms with E-state index in [1.807, 2.05) is 6.07 Å². The third-order valence-corrected chi connectivity index (χ3v) is 4.31. The van der Waals surface area contributed by atoms with Crippen molar-refractivity contribution in [1.29, 1.82) is 0 Å². The molecule has 0 bridgehead atoms. The molecule has 0 spiro atoms. The van der Waals surface area contributed by atoms with Gasteiger partial charge in [-0.1, -0.05) is 26.0 Å². The van der Waals surface area contributed by atoms with Gasteiger partial charge in [-0.25, -0.2) is 0 Å². The van der Waals surface area contributed by atoms with Gasteiger partial charge in [0.1, 0.15) is 0 Å². The van der Waals surface area contributed by atoms with Gasteiger partial charge in [0.05, 0.1) is 24.6 Å². The van der Waals surface area contributed by atoms with Crippen molar-refractivity contribution < 1.29 is 14.7 Å². The fourth-order valence-electron chi connectivity index (χ4n) is 2.98. The quantitative estimate of drug-likeness (QED) is 0.876. The summed E-state index contributed by atoms with van der Waals surface area (Å²) in [5.74, 6) is -2.07. The van der Waals surface area contributed by atoms with Gasteiger partial charge < -0.3 is 10.4 Å². The van der Waals surface area contributed by atoms with E-state index < -0.39 is 23.2 Å². The monoisotopic (exact) mass is 315 g/mol. The molecule has 1 aromatic carbocycles. The minimum atomic E-state index is -0.945. The van der Waals surface area contributed by atoms with Crippen LogP contribution in [0.5, 0.6) is 0 Å². The highest BCUT2D eigenvalue weighted by Gasteiger charge is 2.65. The van der Waals surface area contributed by atoms with Gasteiger partial charge in [0, 0.05) is 5.56 Å². The number of carbonyl (C=O) groups excluding carboxylic acids is 1. The Morgan fingerprint density at radius 1 is 1.26 bits per heavy atom. The van der Waals surface area contributed by atoms with Crippen molar-refractivity contribution in [2.45, 2.75) is 13.8 Å². The maximum Gasteiger partial charge on any atom is 0.307 e. The summed E-state index contributed by atoms with van der Waals surface area (Å²) < 4.78 is 0. The minimum absolute atomic E-state index is 0.307. The van der Waals surface area contributed by atoms with E-state index in [4.69, 9.17) is 0 Å². The van der Waals surface area contributed by atoms with Gasteiger partial charge in [0.25, 0.3) is 0 Å². The molecule has 2 aromatic rings. The largest absolute Gasteiger partial charge is 0.481 e. The van der Waals surface area contributed by atoms with E-state index in [-0.39, 0.29) is 5.91 Å². The van der Waals surface area contributed by atoms with Crippen LogP contribution in [-0.2, 0) is 16.6 Å². The fourth-order valence-corrected chi connectivity index (χ4v) is 2.98. The summed E-state index contributed by atoms with van der Waals surface area (Å²) in [6.45, 7) is 3.57. The molecule has 2 N–H and O–H groups in total. The van der Waals surface area contributed by atoms with Gasteiger partial charge in [-0.15, -0.1) is 10.2 Å². The molecule has 1 aliphatic rings. The normalized spacial score (nSPS) is 21.7. The Kier molecular flexibility index (Phi) is 3.39. The van der Waals surface area contributed by atoms with E-state index in [2.05, 4.69) is 20.7 Å². The second-order valence-electron chi connectivity index (χ2n) is 6.25. The Balaban J connectivity index is 1.85. The van der Waals surface area contributed by atoms with E-state index in [0.29, 0.717) is 17.1 Å². The standard InChI is InChI=1S/C15H17N5O3/c1-15(2)10(11(15)14(22)23)13(21)16-9-7-5-4-6-8(9)12-17-19-20(3)18-12/h4-7,10-11H,1-3H3,(H,16,21)(H,22,23)/t10-,11+/m1/s1. The van der Waals surface area contributed by atoms with Crippen LogP contribution in [0.3, 0.4) is 0 Å². The van der Waals surface area contributed by atoms with Gasteiger partial charge in [-0.3, -0.25) is 9.59 Å².